The van der Waals surface area contributed by atoms with Crippen LogP contribution in [0.4, 0.5) is 0 Å². The van der Waals surface area contributed by atoms with Crippen molar-refractivity contribution in [3.63, 3.8) is 0 Å². The van der Waals surface area contributed by atoms with E-state index < -0.39 is 15.1 Å². The van der Waals surface area contributed by atoms with Gasteiger partial charge >= 0.3 is 0 Å². The zero-order chi connectivity index (χ0) is 19.3. The molecule has 1 aliphatic heterocycles. The van der Waals surface area contributed by atoms with E-state index in [1.807, 2.05) is 0 Å². The molecule has 0 bridgehead atoms. The number of amides is 1. The van der Waals surface area contributed by atoms with Crippen LogP contribution in [0.2, 0.25) is 0 Å². The van der Waals surface area contributed by atoms with E-state index in [1.165, 1.54) is 0 Å². The molecule has 0 saturated carbocycles. The van der Waals surface area contributed by atoms with Crippen LogP contribution >= 0.6 is 0 Å². The molecule has 2 aromatic carbocycles. The largest absolute Gasteiger partial charge is 0.494 e. The average Bonchev–Trinajstić information content (AvgIpc) is 3.20. The highest BCUT2D eigenvalue weighted by Gasteiger charge is 2.36. The van der Waals surface area contributed by atoms with Crippen LogP contribution < -0.4 is 4.74 Å². The van der Waals surface area contributed by atoms with Crippen LogP contribution in [0.5, 0.6) is 5.75 Å². The van der Waals surface area contributed by atoms with E-state index in [-0.39, 0.29) is 12.5 Å². The van der Waals surface area contributed by atoms with Gasteiger partial charge in [0, 0.05) is 18.7 Å². The molecule has 1 atom stereocenters. The van der Waals surface area contributed by atoms with E-state index in [0.717, 1.165) is 18.6 Å². The number of hydrogen-bond acceptors (Lipinski definition) is 4. The lowest BCUT2D eigenvalue weighted by Crippen LogP contribution is -2.31. The molecular weight excluding hydrogens is 362 g/mol. The van der Waals surface area contributed by atoms with Crippen LogP contribution in [0.25, 0.3) is 0 Å². The van der Waals surface area contributed by atoms with Gasteiger partial charge in [-0.1, -0.05) is 31.5 Å². The van der Waals surface area contributed by atoms with Crippen molar-refractivity contribution >= 4 is 15.7 Å². The second-order valence-corrected chi connectivity index (χ2v) is 8.97. The molecule has 0 aromatic heterocycles. The summed E-state index contributed by atoms with van der Waals surface area (Å²) in [4.78, 5) is 14.7. The van der Waals surface area contributed by atoms with E-state index >= 15 is 0 Å². The SMILES string of the molecule is CCCCOc1ccc(C(=O)N2CCC(S(=O)(=O)c3ccccc3)C2)cc1. The van der Waals surface area contributed by atoms with Crippen LogP contribution in [0.1, 0.15) is 36.5 Å². The molecule has 3 rings (SSSR count). The molecule has 1 fully saturated rings. The second-order valence-electron chi connectivity index (χ2n) is 6.75. The Balaban J connectivity index is 1.64. The lowest BCUT2D eigenvalue weighted by Gasteiger charge is -2.17. The number of sulfone groups is 1. The van der Waals surface area contributed by atoms with Crippen molar-refractivity contribution in [2.24, 2.45) is 0 Å². The fourth-order valence-electron chi connectivity index (χ4n) is 3.18. The van der Waals surface area contributed by atoms with Gasteiger partial charge < -0.3 is 9.64 Å². The third kappa shape index (κ3) is 4.50. The molecule has 144 valence electrons. The highest BCUT2D eigenvalue weighted by atomic mass is 32.2. The molecule has 6 heteroatoms. The Morgan fingerprint density at radius 1 is 1.11 bits per heavy atom. The van der Waals surface area contributed by atoms with E-state index in [4.69, 9.17) is 4.74 Å². The Kier molecular flexibility index (Phi) is 6.16. The summed E-state index contributed by atoms with van der Waals surface area (Å²) in [5.74, 6) is 0.604. The van der Waals surface area contributed by atoms with Gasteiger partial charge in [0.15, 0.2) is 9.84 Å². The fourth-order valence-corrected chi connectivity index (χ4v) is 4.89. The molecule has 5 nitrogen and oxygen atoms in total. The van der Waals surface area contributed by atoms with E-state index in [0.29, 0.717) is 30.0 Å². The smallest absolute Gasteiger partial charge is 0.253 e. The number of unbranched alkanes of at least 4 members (excludes halogenated alkanes) is 1. The molecule has 0 aliphatic carbocycles. The monoisotopic (exact) mass is 387 g/mol. The summed E-state index contributed by atoms with van der Waals surface area (Å²) in [6.07, 6.45) is 2.52. The minimum absolute atomic E-state index is 0.138. The van der Waals surface area contributed by atoms with Crippen molar-refractivity contribution in [2.45, 2.75) is 36.3 Å². The Bertz CT molecular complexity index is 863. The van der Waals surface area contributed by atoms with Gasteiger partial charge in [0.2, 0.25) is 0 Å². The van der Waals surface area contributed by atoms with Gasteiger partial charge in [-0.25, -0.2) is 8.42 Å². The number of nitrogens with zero attached hydrogens (tertiary/aromatic N) is 1. The van der Waals surface area contributed by atoms with Crippen molar-refractivity contribution in [1.29, 1.82) is 0 Å². The first-order chi connectivity index (χ1) is 13.0. The number of likely N-dealkylation sites (tertiary alicyclic amines) is 1. The molecule has 2 aromatic rings. The molecule has 27 heavy (non-hydrogen) atoms. The predicted octanol–water partition coefficient (Wildman–Crippen LogP) is 3.55. The van der Waals surface area contributed by atoms with E-state index in [2.05, 4.69) is 6.92 Å². The Hall–Kier alpha value is -2.34. The third-order valence-corrected chi connectivity index (χ3v) is 7.00. The summed E-state index contributed by atoms with van der Waals surface area (Å²) in [5.41, 5.74) is 0.551. The fraction of sp³-hybridized carbons (Fsp3) is 0.381. The van der Waals surface area contributed by atoms with Gasteiger partial charge in [-0.15, -0.1) is 0 Å². The minimum Gasteiger partial charge on any atom is -0.494 e. The predicted molar refractivity (Wildman–Crippen MR) is 105 cm³/mol. The highest BCUT2D eigenvalue weighted by molar-refractivity contribution is 7.92. The molecule has 0 N–H and O–H groups in total. The summed E-state index contributed by atoms with van der Waals surface area (Å²) in [6.45, 7) is 3.44. The van der Waals surface area contributed by atoms with Crippen LogP contribution in [0, 0.1) is 0 Å². The first-order valence-corrected chi connectivity index (χ1v) is 10.9. The molecule has 1 heterocycles. The van der Waals surface area contributed by atoms with Crippen LogP contribution in [0.15, 0.2) is 59.5 Å². The van der Waals surface area contributed by atoms with Gasteiger partial charge in [-0.05, 0) is 49.2 Å². The van der Waals surface area contributed by atoms with Gasteiger partial charge in [0.25, 0.3) is 5.91 Å². The number of rotatable bonds is 7. The van der Waals surface area contributed by atoms with Crippen LogP contribution in [-0.4, -0.2) is 44.2 Å². The molecule has 1 aliphatic rings. The van der Waals surface area contributed by atoms with Crippen molar-refractivity contribution in [1.82, 2.24) is 4.90 Å². The van der Waals surface area contributed by atoms with Crippen molar-refractivity contribution in [3.05, 3.63) is 60.2 Å². The molecular formula is C21H25NO4S. The number of carbonyl (C=O) groups excluding carboxylic acids is 1. The summed E-state index contributed by atoms with van der Waals surface area (Å²) in [7, 11) is -3.42. The Morgan fingerprint density at radius 2 is 1.81 bits per heavy atom. The lowest BCUT2D eigenvalue weighted by atomic mass is 10.2. The highest BCUT2D eigenvalue weighted by Crippen LogP contribution is 2.25. The third-order valence-electron chi connectivity index (χ3n) is 4.81. The second kappa shape index (κ2) is 8.57. The summed E-state index contributed by atoms with van der Waals surface area (Å²) >= 11 is 0. The summed E-state index contributed by atoms with van der Waals surface area (Å²) in [6, 6.07) is 15.5. The summed E-state index contributed by atoms with van der Waals surface area (Å²) < 4.78 is 31.1. The van der Waals surface area contributed by atoms with Gasteiger partial charge in [0.05, 0.1) is 16.8 Å². The first-order valence-electron chi connectivity index (χ1n) is 9.33. The molecule has 1 amide bonds. The minimum atomic E-state index is -3.42. The number of benzene rings is 2. The van der Waals surface area contributed by atoms with Crippen LogP contribution in [0.3, 0.4) is 0 Å². The van der Waals surface area contributed by atoms with Gasteiger partial charge in [-0.2, -0.15) is 0 Å². The normalized spacial score (nSPS) is 17.1. The zero-order valence-corrected chi connectivity index (χ0v) is 16.3. The number of carbonyl (C=O) groups is 1. The Morgan fingerprint density at radius 3 is 2.48 bits per heavy atom. The maximum Gasteiger partial charge on any atom is 0.253 e. The van der Waals surface area contributed by atoms with Crippen LogP contribution in [-0.2, 0) is 9.84 Å². The van der Waals surface area contributed by atoms with Crippen molar-refractivity contribution < 1.29 is 17.9 Å². The van der Waals surface area contributed by atoms with E-state index in [1.54, 1.807) is 59.5 Å². The standard InChI is InChI=1S/C21H25NO4S/c1-2-3-15-26-18-11-9-17(10-12-18)21(23)22-14-13-20(16-22)27(24,25)19-7-5-4-6-8-19/h4-12,20H,2-3,13-16H2,1H3. The van der Waals surface area contributed by atoms with Gasteiger partial charge in [0.1, 0.15) is 5.75 Å². The molecule has 0 radical (unpaired) electrons. The van der Waals surface area contributed by atoms with Gasteiger partial charge in [-0.3, -0.25) is 4.79 Å². The first kappa shape index (κ1) is 19.4. The lowest BCUT2D eigenvalue weighted by molar-refractivity contribution is 0.0793. The zero-order valence-electron chi connectivity index (χ0n) is 15.5. The Labute approximate surface area is 160 Å². The molecule has 1 saturated heterocycles. The number of ether oxygens (including phenoxy) is 1. The number of hydrogen-bond donors (Lipinski definition) is 0. The van der Waals surface area contributed by atoms with Crippen molar-refractivity contribution in [2.75, 3.05) is 19.7 Å². The molecule has 0 spiro atoms. The molecule has 1 unspecified atom stereocenters. The maximum absolute atomic E-state index is 12.8. The van der Waals surface area contributed by atoms with Crippen molar-refractivity contribution in [3.8, 4) is 5.75 Å². The maximum atomic E-state index is 12.8. The average molecular weight is 388 g/mol. The summed E-state index contributed by atoms with van der Waals surface area (Å²) in [5, 5.41) is -0.555. The topological polar surface area (TPSA) is 63.7 Å². The quantitative estimate of drug-likeness (QED) is 0.682. The van der Waals surface area contributed by atoms with E-state index in [9.17, 15) is 13.2 Å².